The molecule has 27 heavy (non-hydrogen) atoms. The second kappa shape index (κ2) is 5.80. The Labute approximate surface area is 156 Å². The standard InChI is InChI=1S/C19H20N6O2/c1-13-6-23-16(8-22-13)27-12-18-9-19(10-18,11-18)17(26)25-15(2-3-24-25)14-7-20-4-5-21-14/h3-8,15H,2,9-12H2,1H3. The van der Waals surface area contributed by atoms with Crippen LogP contribution in [0.4, 0.5) is 0 Å². The maximum absolute atomic E-state index is 13.1. The molecule has 2 bridgehead atoms. The number of aryl methyl sites for hydroxylation is 1. The van der Waals surface area contributed by atoms with E-state index in [0.29, 0.717) is 18.9 Å². The third-order valence-corrected chi connectivity index (χ3v) is 5.84. The molecule has 0 spiro atoms. The Morgan fingerprint density at radius 3 is 2.74 bits per heavy atom. The molecule has 2 aromatic heterocycles. The highest BCUT2D eigenvalue weighted by molar-refractivity contribution is 5.88. The molecule has 0 aromatic carbocycles. The minimum Gasteiger partial charge on any atom is -0.476 e. The highest BCUT2D eigenvalue weighted by Gasteiger charge is 2.73. The van der Waals surface area contributed by atoms with Crippen LogP contribution in [0.2, 0.25) is 0 Å². The van der Waals surface area contributed by atoms with Crippen molar-refractivity contribution in [1.29, 1.82) is 0 Å². The number of carbonyl (C=O) groups excluding carboxylic acids is 1. The van der Waals surface area contributed by atoms with E-state index < -0.39 is 0 Å². The van der Waals surface area contributed by atoms with Gasteiger partial charge in [0.05, 0.1) is 42.0 Å². The van der Waals surface area contributed by atoms with Gasteiger partial charge >= 0.3 is 0 Å². The van der Waals surface area contributed by atoms with E-state index in [9.17, 15) is 4.79 Å². The SMILES string of the molecule is Cc1cnc(OCC23CC(C(=O)N4N=CCC4c4cnccn4)(C2)C3)cn1. The second-order valence-electron chi connectivity index (χ2n) is 7.92. The van der Waals surface area contributed by atoms with Crippen molar-refractivity contribution >= 4 is 12.1 Å². The monoisotopic (exact) mass is 364 g/mol. The van der Waals surface area contributed by atoms with Gasteiger partial charge in [0, 0.05) is 30.4 Å². The number of aromatic nitrogens is 4. The number of nitrogens with zero attached hydrogens (tertiary/aromatic N) is 6. The van der Waals surface area contributed by atoms with Gasteiger partial charge in [0.15, 0.2) is 0 Å². The molecule has 0 saturated heterocycles. The van der Waals surface area contributed by atoms with E-state index in [-0.39, 0.29) is 22.8 Å². The lowest BCUT2D eigenvalue weighted by molar-refractivity contribution is -0.227. The third kappa shape index (κ3) is 2.58. The van der Waals surface area contributed by atoms with Crippen LogP contribution in [0.1, 0.15) is 43.1 Å². The molecular weight excluding hydrogens is 344 g/mol. The molecule has 1 amide bonds. The fraction of sp³-hybridized carbons (Fsp3) is 0.474. The Hall–Kier alpha value is -2.90. The molecule has 1 aliphatic heterocycles. The van der Waals surface area contributed by atoms with Crippen molar-refractivity contribution in [2.45, 2.75) is 38.6 Å². The molecule has 4 aliphatic rings. The number of rotatable bonds is 5. The van der Waals surface area contributed by atoms with Crippen LogP contribution in [0.5, 0.6) is 5.88 Å². The van der Waals surface area contributed by atoms with Crippen molar-refractivity contribution in [3.63, 3.8) is 0 Å². The van der Waals surface area contributed by atoms with Gasteiger partial charge in [0.2, 0.25) is 11.8 Å². The summed E-state index contributed by atoms with van der Waals surface area (Å²) in [6, 6.07) is -0.143. The van der Waals surface area contributed by atoms with E-state index in [2.05, 4.69) is 25.0 Å². The van der Waals surface area contributed by atoms with Crippen molar-refractivity contribution in [1.82, 2.24) is 24.9 Å². The molecule has 1 atom stereocenters. The first-order valence-electron chi connectivity index (χ1n) is 9.13. The lowest BCUT2D eigenvalue weighted by atomic mass is 9.35. The Morgan fingerprint density at radius 1 is 1.19 bits per heavy atom. The summed E-state index contributed by atoms with van der Waals surface area (Å²) >= 11 is 0. The quantitative estimate of drug-likeness (QED) is 0.806. The fourth-order valence-corrected chi connectivity index (χ4v) is 4.64. The zero-order chi connectivity index (χ0) is 18.5. The number of hydrogen-bond donors (Lipinski definition) is 0. The minimum absolute atomic E-state index is 0.0910. The predicted octanol–water partition coefficient (Wildman–Crippen LogP) is 2.08. The number of carbonyl (C=O) groups is 1. The summed E-state index contributed by atoms with van der Waals surface area (Å²) in [5, 5.41) is 5.94. The van der Waals surface area contributed by atoms with Crippen molar-refractivity contribution in [3.8, 4) is 5.88 Å². The lowest BCUT2D eigenvalue weighted by Crippen LogP contribution is -2.69. The van der Waals surface area contributed by atoms with Crippen molar-refractivity contribution in [2.24, 2.45) is 15.9 Å². The first-order valence-corrected chi connectivity index (χ1v) is 9.13. The number of ether oxygens (including phenoxy) is 1. The predicted molar refractivity (Wildman–Crippen MR) is 95.7 cm³/mol. The molecular formula is C19H20N6O2. The molecule has 0 N–H and O–H groups in total. The van der Waals surface area contributed by atoms with Gasteiger partial charge in [-0.2, -0.15) is 5.10 Å². The molecule has 138 valence electrons. The van der Waals surface area contributed by atoms with E-state index in [1.807, 2.05) is 6.92 Å². The van der Waals surface area contributed by atoms with Crippen LogP contribution in [0.25, 0.3) is 0 Å². The third-order valence-electron chi connectivity index (χ3n) is 5.84. The molecule has 8 nitrogen and oxygen atoms in total. The average Bonchev–Trinajstić information content (AvgIpc) is 3.11. The zero-order valence-corrected chi connectivity index (χ0v) is 15.1. The van der Waals surface area contributed by atoms with E-state index in [1.165, 1.54) is 0 Å². The summed E-state index contributed by atoms with van der Waals surface area (Å²) in [5.41, 5.74) is 1.45. The van der Waals surface area contributed by atoms with Crippen LogP contribution >= 0.6 is 0 Å². The van der Waals surface area contributed by atoms with Crippen molar-refractivity contribution in [2.75, 3.05) is 6.61 Å². The van der Waals surface area contributed by atoms with Crippen LogP contribution in [0, 0.1) is 17.8 Å². The van der Waals surface area contributed by atoms with Gasteiger partial charge in [0.1, 0.15) is 6.04 Å². The van der Waals surface area contributed by atoms with Gasteiger partial charge < -0.3 is 4.74 Å². The Balaban J connectivity index is 1.21. The van der Waals surface area contributed by atoms with Gasteiger partial charge in [-0.1, -0.05) is 0 Å². The molecule has 1 unspecified atom stereocenters. The van der Waals surface area contributed by atoms with Gasteiger partial charge in [-0.15, -0.1) is 0 Å². The van der Waals surface area contributed by atoms with Gasteiger partial charge in [-0.3, -0.25) is 19.7 Å². The maximum atomic E-state index is 13.1. The highest BCUT2D eigenvalue weighted by Crippen LogP contribution is 2.74. The number of amides is 1. The average molecular weight is 364 g/mol. The number of hydrogen-bond acceptors (Lipinski definition) is 7. The van der Waals surface area contributed by atoms with E-state index in [0.717, 1.165) is 30.7 Å². The van der Waals surface area contributed by atoms with Gasteiger partial charge in [-0.25, -0.2) is 9.99 Å². The topological polar surface area (TPSA) is 93.5 Å². The number of hydrazone groups is 1. The second-order valence-corrected chi connectivity index (χ2v) is 7.92. The first-order chi connectivity index (χ1) is 13.1. The van der Waals surface area contributed by atoms with Gasteiger partial charge in [0.25, 0.3) is 0 Å². The molecule has 3 heterocycles. The molecule has 6 rings (SSSR count). The van der Waals surface area contributed by atoms with Crippen LogP contribution in [0.3, 0.4) is 0 Å². The summed E-state index contributed by atoms with van der Waals surface area (Å²) in [7, 11) is 0. The van der Waals surface area contributed by atoms with Crippen molar-refractivity contribution in [3.05, 3.63) is 42.4 Å². The van der Waals surface area contributed by atoms with Crippen molar-refractivity contribution < 1.29 is 9.53 Å². The largest absolute Gasteiger partial charge is 0.476 e. The van der Waals surface area contributed by atoms with E-state index in [1.54, 1.807) is 42.2 Å². The molecule has 2 aromatic rings. The van der Waals surface area contributed by atoms with Crippen LogP contribution in [-0.2, 0) is 4.79 Å². The Kier molecular flexibility index (Phi) is 3.50. The van der Waals surface area contributed by atoms with Gasteiger partial charge in [-0.05, 0) is 26.2 Å². The normalized spacial score (nSPS) is 30.6. The molecule has 3 fully saturated rings. The minimum atomic E-state index is -0.287. The van der Waals surface area contributed by atoms with E-state index in [4.69, 9.17) is 4.74 Å². The molecule has 0 radical (unpaired) electrons. The summed E-state index contributed by atoms with van der Waals surface area (Å²) in [6.07, 6.45) is 13.3. The molecule has 3 aliphatic carbocycles. The first kappa shape index (κ1) is 16.3. The van der Waals surface area contributed by atoms with Crippen LogP contribution < -0.4 is 4.74 Å². The highest BCUT2D eigenvalue weighted by atomic mass is 16.5. The maximum Gasteiger partial charge on any atom is 0.249 e. The van der Waals surface area contributed by atoms with Crippen LogP contribution in [-0.4, -0.2) is 43.7 Å². The summed E-state index contributed by atoms with van der Waals surface area (Å²) in [5.74, 6) is 0.640. The summed E-state index contributed by atoms with van der Waals surface area (Å²) in [4.78, 5) is 30.0. The Morgan fingerprint density at radius 2 is 2.04 bits per heavy atom. The van der Waals surface area contributed by atoms with E-state index >= 15 is 0 Å². The molecule has 3 saturated carbocycles. The van der Waals surface area contributed by atoms with Crippen LogP contribution in [0.15, 0.2) is 36.1 Å². The zero-order valence-electron chi connectivity index (χ0n) is 15.1. The fourth-order valence-electron chi connectivity index (χ4n) is 4.64. The summed E-state index contributed by atoms with van der Waals surface area (Å²) in [6.45, 7) is 2.47. The molecule has 8 heteroatoms. The smallest absolute Gasteiger partial charge is 0.249 e. The summed E-state index contributed by atoms with van der Waals surface area (Å²) < 4.78 is 5.80. The Bertz CT molecular complexity index is 878. The lowest BCUT2D eigenvalue weighted by Gasteiger charge is -2.69.